The molecule has 2 rings (SSSR count). The lowest BCUT2D eigenvalue weighted by atomic mass is 9.95. The van der Waals surface area contributed by atoms with Crippen molar-refractivity contribution in [2.75, 3.05) is 32.8 Å². The minimum atomic E-state index is 0.322. The third-order valence-electron chi connectivity index (χ3n) is 3.44. The summed E-state index contributed by atoms with van der Waals surface area (Å²) < 4.78 is 5.80. The number of hydrogen-bond acceptors (Lipinski definition) is 3. The minimum absolute atomic E-state index is 0.322. The first-order valence-corrected chi connectivity index (χ1v) is 5.80. The van der Waals surface area contributed by atoms with Gasteiger partial charge in [0, 0.05) is 19.6 Å². The zero-order valence-corrected chi connectivity index (χ0v) is 9.38. The molecule has 3 nitrogen and oxygen atoms in total. The molecule has 2 fully saturated rings. The summed E-state index contributed by atoms with van der Waals surface area (Å²) in [4.78, 5) is 2.62. The molecule has 0 aromatic heterocycles. The molecule has 82 valence electrons. The lowest BCUT2D eigenvalue weighted by Crippen LogP contribution is -2.60. The number of ether oxygens (including phenoxy) is 1. The molecular weight excluding hydrogens is 176 g/mol. The molecule has 3 heteroatoms. The highest BCUT2D eigenvalue weighted by molar-refractivity contribution is 5.00. The Morgan fingerprint density at radius 2 is 2.29 bits per heavy atom. The molecule has 14 heavy (non-hydrogen) atoms. The van der Waals surface area contributed by atoms with Crippen LogP contribution in [0.1, 0.15) is 26.7 Å². The fourth-order valence-corrected chi connectivity index (χ4v) is 2.61. The second-order valence-electron chi connectivity index (χ2n) is 4.85. The van der Waals surface area contributed by atoms with Crippen LogP contribution in [0.25, 0.3) is 0 Å². The maximum Gasteiger partial charge on any atom is 0.0666 e. The minimum Gasteiger partial charge on any atom is -0.377 e. The van der Waals surface area contributed by atoms with Gasteiger partial charge in [0.15, 0.2) is 0 Å². The molecule has 1 atom stereocenters. The predicted molar refractivity (Wildman–Crippen MR) is 57.5 cm³/mol. The quantitative estimate of drug-likeness (QED) is 0.727. The van der Waals surface area contributed by atoms with Crippen LogP contribution in [-0.2, 0) is 4.74 Å². The lowest BCUT2D eigenvalue weighted by Gasteiger charge is -2.42. The topological polar surface area (TPSA) is 24.5 Å². The van der Waals surface area contributed by atoms with Crippen LogP contribution in [0.15, 0.2) is 0 Å². The third kappa shape index (κ3) is 1.95. The van der Waals surface area contributed by atoms with Crippen LogP contribution in [0.3, 0.4) is 0 Å². The molecule has 2 heterocycles. The molecule has 0 aromatic carbocycles. The van der Waals surface area contributed by atoms with Crippen LogP contribution in [-0.4, -0.2) is 49.3 Å². The van der Waals surface area contributed by atoms with Gasteiger partial charge in [-0.2, -0.15) is 0 Å². The normalized spacial score (nSPS) is 33.6. The van der Waals surface area contributed by atoms with Crippen molar-refractivity contribution in [2.45, 2.75) is 38.3 Å². The summed E-state index contributed by atoms with van der Waals surface area (Å²) in [5.74, 6) is 0. The molecule has 1 unspecified atom stereocenters. The second kappa shape index (κ2) is 4.17. The number of rotatable bonds is 3. The first kappa shape index (κ1) is 10.4. The first-order chi connectivity index (χ1) is 6.73. The first-order valence-electron chi connectivity index (χ1n) is 5.80. The molecule has 2 aliphatic rings. The van der Waals surface area contributed by atoms with Crippen LogP contribution in [0.2, 0.25) is 0 Å². The molecule has 0 amide bonds. The van der Waals surface area contributed by atoms with Crippen LogP contribution < -0.4 is 5.32 Å². The van der Waals surface area contributed by atoms with E-state index < -0.39 is 0 Å². The number of nitrogens with zero attached hydrogens (tertiary/aromatic N) is 1. The van der Waals surface area contributed by atoms with Crippen molar-refractivity contribution < 1.29 is 4.74 Å². The van der Waals surface area contributed by atoms with E-state index in [9.17, 15) is 0 Å². The van der Waals surface area contributed by atoms with Crippen LogP contribution >= 0.6 is 0 Å². The highest BCUT2D eigenvalue weighted by atomic mass is 16.5. The van der Waals surface area contributed by atoms with Crippen molar-refractivity contribution in [3.05, 3.63) is 0 Å². The summed E-state index contributed by atoms with van der Waals surface area (Å²) in [5, 5.41) is 3.50. The van der Waals surface area contributed by atoms with Crippen molar-refractivity contribution >= 4 is 0 Å². The summed E-state index contributed by atoms with van der Waals surface area (Å²) in [6.45, 7) is 9.85. The summed E-state index contributed by atoms with van der Waals surface area (Å²) in [7, 11) is 0. The van der Waals surface area contributed by atoms with Crippen molar-refractivity contribution in [2.24, 2.45) is 0 Å². The molecule has 2 aliphatic heterocycles. The molecule has 2 saturated heterocycles. The van der Waals surface area contributed by atoms with Gasteiger partial charge in [0.25, 0.3) is 0 Å². The Balaban J connectivity index is 1.96. The van der Waals surface area contributed by atoms with Crippen LogP contribution in [0.5, 0.6) is 0 Å². The van der Waals surface area contributed by atoms with Crippen molar-refractivity contribution in [3.63, 3.8) is 0 Å². The number of hydrogen-bond donors (Lipinski definition) is 1. The summed E-state index contributed by atoms with van der Waals surface area (Å²) in [6, 6.07) is 0. The zero-order valence-electron chi connectivity index (χ0n) is 9.38. The van der Waals surface area contributed by atoms with Crippen LogP contribution in [0, 0.1) is 0 Å². The highest BCUT2D eigenvalue weighted by Crippen LogP contribution is 2.30. The van der Waals surface area contributed by atoms with Crippen molar-refractivity contribution in [1.82, 2.24) is 10.2 Å². The van der Waals surface area contributed by atoms with E-state index in [1.165, 1.54) is 25.9 Å². The maximum atomic E-state index is 5.80. The highest BCUT2D eigenvalue weighted by Gasteiger charge is 2.42. The van der Waals surface area contributed by atoms with Gasteiger partial charge in [-0.3, -0.25) is 4.90 Å². The van der Waals surface area contributed by atoms with Crippen molar-refractivity contribution in [3.8, 4) is 0 Å². The SMILES string of the molecule is CC(C)OCC12CCCN1CCNC2. The molecule has 0 aromatic rings. The van der Waals surface area contributed by atoms with E-state index in [-0.39, 0.29) is 0 Å². The Morgan fingerprint density at radius 1 is 1.43 bits per heavy atom. The van der Waals surface area contributed by atoms with Gasteiger partial charge >= 0.3 is 0 Å². The van der Waals surface area contributed by atoms with Gasteiger partial charge in [-0.15, -0.1) is 0 Å². The summed E-state index contributed by atoms with van der Waals surface area (Å²) >= 11 is 0. The van der Waals surface area contributed by atoms with Gasteiger partial charge in [0.2, 0.25) is 0 Å². The van der Waals surface area contributed by atoms with Gasteiger partial charge in [-0.05, 0) is 33.2 Å². The molecule has 1 N–H and O–H groups in total. The largest absolute Gasteiger partial charge is 0.377 e. The average Bonchev–Trinajstić information content (AvgIpc) is 2.58. The summed E-state index contributed by atoms with van der Waals surface area (Å²) in [5.41, 5.74) is 0.322. The fraction of sp³-hybridized carbons (Fsp3) is 1.00. The third-order valence-corrected chi connectivity index (χ3v) is 3.44. The van der Waals surface area contributed by atoms with E-state index in [1.807, 2.05) is 0 Å². The number of piperazine rings is 1. The van der Waals surface area contributed by atoms with Gasteiger partial charge in [0.05, 0.1) is 18.2 Å². The molecule has 0 bridgehead atoms. The number of nitrogens with one attached hydrogen (secondary N) is 1. The molecular formula is C11H22N2O. The van der Waals surface area contributed by atoms with E-state index in [0.717, 1.165) is 19.7 Å². The van der Waals surface area contributed by atoms with E-state index in [2.05, 4.69) is 24.1 Å². The molecule has 0 saturated carbocycles. The standard InChI is InChI=1S/C11H22N2O/c1-10(2)14-9-11-4-3-6-13(11)7-5-12-8-11/h10,12H,3-9H2,1-2H3. The monoisotopic (exact) mass is 198 g/mol. The van der Waals surface area contributed by atoms with Crippen LogP contribution in [0.4, 0.5) is 0 Å². The van der Waals surface area contributed by atoms with E-state index in [1.54, 1.807) is 0 Å². The predicted octanol–water partition coefficient (Wildman–Crippen LogP) is 0.849. The fourth-order valence-electron chi connectivity index (χ4n) is 2.61. The van der Waals surface area contributed by atoms with Gasteiger partial charge in [-0.1, -0.05) is 0 Å². The average molecular weight is 198 g/mol. The second-order valence-corrected chi connectivity index (χ2v) is 4.85. The maximum absolute atomic E-state index is 5.80. The Bertz CT molecular complexity index is 196. The van der Waals surface area contributed by atoms with Crippen molar-refractivity contribution in [1.29, 1.82) is 0 Å². The number of fused-ring (bicyclic) bond motifs is 1. The Labute approximate surface area is 86.8 Å². The van der Waals surface area contributed by atoms with Gasteiger partial charge < -0.3 is 10.1 Å². The van der Waals surface area contributed by atoms with E-state index in [0.29, 0.717) is 11.6 Å². The van der Waals surface area contributed by atoms with E-state index >= 15 is 0 Å². The molecule has 0 radical (unpaired) electrons. The van der Waals surface area contributed by atoms with Gasteiger partial charge in [-0.25, -0.2) is 0 Å². The molecule has 0 spiro atoms. The Hall–Kier alpha value is -0.120. The van der Waals surface area contributed by atoms with Gasteiger partial charge in [0.1, 0.15) is 0 Å². The molecule has 0 aliphatic carbocycles. The smallest absolute Gasteiger partial charge is 0.0666 e. The Kier molecular flexibility index (Phi) is 3.10. The Morgan fingerprint density at radius 3 is 3.07 bits per heavy atom. The zero-order chi connectivity index (χ0) is 10.0. The summed E-state index contributed by atoms with van der Waals surface area (Å²) in [6.07, 6.45) is 2.99. The lowest BCUT2D eigenvalue weighted by molar-refractivity contribution is -0.0226. The van der Waals surface area contributed by atoms with E-state index in [4.69, 9.17) is 4.74 Å².